The van der Waals surface area contributed by atoms with E-state index in [0.29, 0.717) is 0 Å². The van der Waals surface area contributed by atoms with Gasteiger partial charge in [0.1, 0.15) is 12.5 Å². The smallest absolute Gasteiger partial charge is 0.303 e. The van der Waals surface area contributed by atoms with Gasteiger partial charge in [0.25, 0.3) is 17.7 Å². The maximum Gasteiger partial charge on any atom is 0.303 e. The van der Waals surface area contributed by atoms with Crippen molar-refractivity contribution in [1.29, 1.82) is 0 Å². The van der Waals surface area contributed by atoms with Crippen LogP contribution in [-0.4, -0.2) is 75.9 Å². The monoisotopic (exact) mass is 819 g/mol. The molecule has 0 fully saturated rings. The first-order chi connectivity index (χ1) is 15.8. The Labute approximate surface area is 236 Å². The van der Waals surface area contributed by atoms with Gasteiger partial charge in [-0.05, 0) is 74.7 Å². The summed E-state index contributed by atoms with van der Waals surface area (Å²) in [4.78, 5) is 49.7. The molecule has 3 amide bonds. The maximum atomic E-state index is 12.9. The summed E-state index contributed by atoms with van der Waals surface area (Å²) < 4.78 is 5.50. The number of benzene rings is 1. The number of aliphatic hydroxyl groups is 4. The zero-order valence-electron chi connectivity index (χ0n) is 18.0. The van der Waals surface area contributed by atoms with Crippen LogP contribution >= 0.6 is 67.8 Å². The van der Waals surface area contributed by atoms with E-state index in [0.717, 1.165) is 6.92 Å². The molecule has 0 aliphatic heterocycles. The third-order valence-electron chi connectivity index (χ3n) is 4.13. The fourth-order valence-corrected chi connectivity index (χ4v) is 6.95. The van der Waals surface area contributed by atoms with Gasteiger partial charge in [-0.15, -0.1) is 0 Å². The van der Waals surface area contributed by atoms with Crippen LogP contribution in [0.3, 0.4) is 0 Å². The number of halogens is 3. The highest BCUT2D eigenvalue weighted by molar-refractivity contribution is 14.1. The van der Waals surface area contributed by atoms with Crippen molar-refractivity contribution in [3.8, 4) is 0 Å². The van der Waals surface area contributed by atoms with Gasteiger partial charge < -0.3 is 41.1 Å². The Hall–Kier alpha value is -0.870. The molecule has 3 atom stereocenters. The van der Waals surface area contributed by atoms with Crippen molar-refractivity contribution in [3.63, 3.8) is 0 Å². The van der Waals surface area contributed by atoms with Gasteiger partial charge >= 0.3 is 5.97 Å². The summed E-state index contributed by atoms with van der Waals surface area (Å²) in [5.41, 5.74) is -0.0131. The lowest BCUT2D eigenvalue weighted by Gasteiger charge is -2.22. The summed E-state index contributed by atoms with van der Waals surface area (Å²) in [6, 6.07) is 0. The molecular formula is C19H24I3N3O9. The Morgan fingerprint density at radius 3 is 1.62 bits per heavy atom. The number of carbonyl (C=O) groups excluding carboxylic acids is 4. The van der Waals surface area contributed by atoms with Gasteiger partial charge in [-0.3, -0.25) is 19.2 Å². The number of esters is 1. The number of carbonyl (C=O) groups is 4. The average molecular weight is 819 g/mol. The predicted octanol–water partition coefficient (Wildman–Crippen LogP) is 0.252. The molecule has 0 radical (unpaired) electrons. The number of ether oxygens (including phenoxy) is 1. The van der Waals surface area contributed by atoms with Gasteiger partial charge in [-0.2, -0.15) is 0 Å². The lowest BCUT2D eigenvalue weighted by Crippen LogP contribution is -2.39. The molecule has 0 aliphatic rings. The first-order valence-electron chi connectivity index (χ1n) is 9.73. The van der Waals surface area contributed by atoms with Gasteiger partial charge in [0.15, 0.2) is 6.10 Å². The van der Waals surface area contributed by atoms with Crippen molar-refractivity contribution in [3.05, 3.63) is 21.8 Å². The molecule has 0 heterocycles. The van der Waals surface area contributed by atoms with Crippen molar-refractivity contribution >= 4 is 97.2 Å². The minimum atomic E-state index is -1.37. The van der Waals surface area contributed by atoms with Gasteiger partial charge in [-0.1, -0.05) is 0 Å². The van der Waals surface area contributed by atoms with Gasteiger partial charge in [0.05, 0.1) is 24.0 Å². The van der Waals surface area contributed by atoms with Crippen LogP contribution in [0.15, 0.2) is 0 Å². The topological polar surface area (TPSA) is 195 Å². The molecule has 1 aromatic carbocycles. The first-order valence-corrected chi connectivity index (χ1v) is 13.0. The summed E-state index contributed by atoms with van der Waals surface area (Å²) in [5, 5.41) is 44.9. The number of rotatable bonds is 11. The van der Waals surface area contributed by atoms with E-state index >= 15 is 0 Å². The predicted molar refractivity (Wildman–Crippen MR) is 145 cm³/mol. The third-order valence-corrected chi connectivity index (χ3v) is 7.37. The molecule has 34 heavy (non-hydrogen) atoms. The summed E-state index contributed by atoms with van der Waals surface area (Å²) in [6.45, 7) is 1.73. The third kappa shape index (κ3) is 8.66. The minimum Gasteiger partial charge on any atom is -0.453 e. The second-order valence-electron chi connectivity index (χ2n) is 6.81. The lowest BCUT2D eigenvalue weighted by atomic mass is 10.1. The van der Waals surface area contributed by atoms with E-state index in [2.05, 4.69) is 16.0 Å². The fourth-order valence-electron chi connectivity index (χ4n) is 2.54. The van der Waals surface area contributed by atoms with E-state index in [9.17, 15) is 29.4 Å². The van der Waals surface area contributed by atoms with Crippen LogP contribution in [0.5, 0.6) is 0 Å². The summed E-state index contributed by atoms with van der Waals surface area (Å²) in [7, 11) is 0. The van der Waals surface area contributed by atoms with Crippen molar-refractivity contribution < 1.29 is 44.3 Å². The maximum absolute atomic E-state index is 12.9. The Balaban J connectivity index is 3.59. The second-order valence-corrected chi connectivity index (χ2v) is 10.0. The average Bonchev–Trinajstić information content (AvgIpc) is 2.70. The molecule has 0 bridgehead atoms. The normalized spacial score (nSPS) is 13.4. The molecule has 190 valence electrons. The van der Waals surface area contributed by atoms with Crippen molar-refractivity contribution in [1.82, 2.24) is 10.6 Å². The first kappa shape index (κ1) is 31.2. The highest BCUT2D eigenvalue weighted by Crippen LogP contribution is 2.36. The quantitative estimate of drug-likeness (QED) is 0.0932. The summed E-state index contributed by atoms with van der Waals surface area (Å²) in [5.74, 6) is -2.95. The number of anilines is 1. The van der Waals surface area contributed by atoms with Gasteiger partial charge in [0, 0.05) is 36.5 Å². The molecule has 1 aromatic rings. The van der Waals surface area contributed by atoms with E-state index in [-0.39, 0.29) is 53.6 Å². The van der Waals surface area contributed by atoms with Crippen LogP contribution in [-0.2, 0) is 14.3 Å². The van der Waals surface area contributed by atoms with Crippen molar-refractivity contribution in [2.75, 3.05) is 18.5 Å². The molecule has 1 rings (SSSR count). The van der Waals surface area contributed by atoms with Crippen LogP contribution in [0.25, 0.3) is 0 Å². The number of aliphatic hydroxyl groups excluding tert-OH is 4. The van der Waals surface area contributed by atoms with E-state index in [1.165, 1.54) is 6.92 Å². The van der Waals surface area contributed by atoms with Gasteiger partial charge in [-0.25, -0.2) is 0 Å². The van der Waals surface area contributed by atoms with Crippen LogP contribution in [0.2, 0.25) is 0 Å². The highest BCUT2D eigenvalue weighted by atomic mass is 127. The lowest BCUT2D eigenvalue weighted by molar-refractivity contribution is -0.150. The molecule has 15 heteroatoms. The molecule has 0 saturated heterocycles. The molecule has 12 nitrogen and oxygen atoms in total. The van der Waals surface area contributed by atoms with E-state index in [1.54, 1.807) is 67.8 Å². The fraction of sp³-hybridized carbons (Fsp3) is 0.474. The van der Waals surface area contributed by atoms with Crippen LogP contribution < -0.4 is 16.0 Å². The molecule has 0 saturated carbocycles. The van der Waals surface area contributed by atoms with E-state index < -0.39 is 42.3 Å². The van der Waals surface area contributed by atoms with Crippen LogP contribution in [0.4, 0.5) is 5.69 Å². The highest BCUT2D eigenvalue weighted by Gasteiger charge is 2.30. The van der Waals surface area contributed by atoms with E-state index in [1.807, 2.05) is 0 Å². The molecule has 0 aliphatic carbocycles. The molecule has 3 unspecified atom stereocenters. The Morgan fingerprint density at radius 2 is 1.26 bits per heavy atom. The number of hydrogen-bond donors (Lipinski definition) is 7. The molecule has 0 spiro atoms. The SMILES string of the molecule is CC(=O)OC(C)C(=O)Nc1c(I)c(C(=O)NC(O)CCO)c(I)c(C(=O)NC(O)CCO)c1I. The number of nitrogens with one attached hydrogen (secondary N) is 3. The zero-order chi connectivity index (χ0) is 26.2. The number of hydrogen-bond acceptors (Lipinski definition) is 9. The second kappa shape index (κ2) is 14.6. The Kier molecular flexibility index (Phi) is 13.4. The standard InChI is InChI=1S/C19H24I3N3O9/c1-7(34-8(2)28)17(31)25-16-14(21)11(18(32)23-9(29)3-5-26)13(20)12(15(16)22)19(33)24-10(30)4-6-27/h7,9-10,26-27,29-30H,3-6H2,1-2H3,(H,23,32)(H,24,33)(H,25,31). The van der Waals surface area contributed by atoms with Crippen molar-refractivity contribution in [2.45, 2.75) is 45.2 Å². The molecular weight excluding hydrogens is 795 g/mol. The summed E-state index contributed by atoms with van der Waals surface area (Å²) in [6.07, 6.45) is -4.17. The largest absolute Gasteiger partial charge is 0.453 e. The van der Waals surface area contributed by atoms with Crippen LogP contribution in [0.1, 0.15) is 47.4 Å². The molecule has 0 aromatic heterocycles. The number of amides is 3. The zero-order valence-corrected chi connectivity index (χ0v) is 24.5. The summed E-state index contributed by atoms with van der Waals surface area (Å²) >= 11 is 5.36. The van der Waals surface area contributed by atoms with Gasteiger partial charge in [0.2, 0.25) is 0 Å². The van der Waals surface area contributed by atoms with Crippen molar-refractivity contribution in [2.24, 2.45) is 0 Å². The Morgan fingerprint density at radius 1 is 0.853 bits per heavy atom. The minimum absolute atomic E-state index is 0.0455. The molecule has 7 N–H and O–H groups in total. The van der Waals surface area contributed by atoms with E-state index in [4.69, 9.17) is 14.9 Å². The van der Waals surface area contributed by atoms with Crippen LogP contribution in [0, 0.1) is 10.7 Å². The Bertz CT molecular complexity index is 892.